The zero-order chi connectivity index (χ0) is 15.9. The van der Waals surface area contributed by atoms with E-state index in [-0.39, 0.29) is 11.8 Å². The van der Waals surface area contributed by atoms with E-state index in [4.69, 9.17) is 0 Å². The van der Waals surface area contributed by atoms with Gasteiger partial charge in [-0.05, 0) is 56.4 Å². The van der Waals surface area contributed by atoms with E-state index >= 15 is 0 Å². The van der Waals surface area contributed by atoms with E-state index in [1.807, 2.05) is 30.9 Å². The SMILES string of the molecule is Cc1cc(C)cc(NC(=O)CSCC(=O)N2CCCCC2)c1. The average Bonchev–Trinajstić information content (AvgIpc) is 2.47. The summed E-state index contributed by atoms with van der Waals surface area (Å²) < 4.78 is 0. The van der Waals surface area contributed by atoms with Crippen molar-refractivity contribution in [3.8, 4) is 0 Å². The second-order valence-electron chi connectivity index (χ2n) is 5.86. The Kier molecular flexibility index (Phi) is 6.31. The van der Waals surface area contributed by atoms with Gasteiger partial charge in [0.2, 0.25) is 11.8 Å². The van der Waals surface area contributed by atoms with Crippen molar-refractivity contribution in [2.45, 2.75) is 33.1 Å². The molecule has 1 heterocycles. The van der Waals surface area contributed by atoms with Crippen molar-refractivity contribution < 1.29 is 9.59 Å². The van der Waals surface area contributed by atoms with Gasteiger partial charge >= 0.3 is 0 Å². The number of anilines is 1. The van der Waals surface area contributed by atoms with Crippen molar-refractivity contribution in [1.82, 2.24) is 4.90 Å². The summed E-state index contributed by atoms with van der Waals surface area (Å²) >= 11 is 1.39. The minimum atomic E-state index is -0.0542. The first-order chi connectivity index (χ1) is 10.5. The summed E-state index contributed by atoms with van der Waals surface area (Å²) in [5, 5.41) is 2.89. The third-order valence-corrected chi connectivity index (χ3v) is 4.59. The molecule has 1 aliphatic rings. The lowest BCUT2D eigenvalue weighted by Gasteiger charge is -2.26. The number of thioether (sulfide) groups is 1. The number of hydrogen-bond donors (Lipinski definition) is 1. The van der Waals surface area contributed by atoms with Crippen LogP contribution in [0.4, 0.5) is 5.69 Å². The normalized spacial score (nSPS) is 14.7. The molecule has 0 aromatic heterocycles. The van der Waals surface area contributed by atoms with Gasteiger partial charge in [0, 0.05) is 18.8 Å². The Morgan fingerprint density at radius 1 is 1.05 bits per heavy atom. The molecule has 1 aromatic carbocycles. The number of benzene rings is 1. The number of hydrogen-bond acceptors (Lipinski definition) is 3. The summed E-state index contributed by atoms with van der Waals surface area (Å²) in [6.45, 7) is 5.76. The van der Waals surface area contributed by atoms with Gasteiger partial charge in [0.05, 0.1) is 11.5 Å². The van der Waals surface area contributed by atoms with Crippen molar-refractivity contribution in [3.05, 3.63) is 29.3 Å². The van der Waals surface area contributed by atoms with Gasteiger partial charge in [-0.15, -0.1) is 11.8 Å². The van der Waals surface area contributed by atoms with Gasteiger partial charge in [-0.1, -0.05) is 6.07 Å². The molecule has 120 valence electrons. The topological polar surface area (TPSA) is 49.4 Å². The fourth-order valence-corrected chi connectivity index (χ4v) is 3.43. The highest BCUT2D eigenvalue weighted by Crippen LogP contribution is 2.15. The van der Waals surface area contributed by atoms with Crippen molar-refractivity contribution >= 4 is 29.3 Å². The molecule has 0 radical (unpaired) electrons. The van der Waals surface area contributed by atoms with Crippen LogP contribution in [0.1, 0.15) is 30.4 Å². The molecule has 0 atom stereocenters. The minimum Gasteiger partial charge on any atom is -0.342 e. The van der Waals surface area contributed by atoms with E-state index in [1.54, 1.807) is 0 Å². The molecule has 0 saturated carbocycles. The molecule has 0 spiro atoms. The largest absolute Gasteiger partial charge is 0.342 e. The predicted molar refractivity (Wildman–Crippen MR) is 92.3 cm³/mol. The molecule has 2 amide bonds. The highest BCUT2D eigenvalue weighted by atomic mass is 32.2. The van der Waals surface area contributed by atoms with Crippen molar-refractivity contribution in [2.75, 3.05) is 29.9 Å². The van der Waals surface area contributed by atoms with Crippen LogP contribution in [0.25, 0.3) is 0 Å². The van der Waals surface area contributed by atoms with E-state index in [2.05, 4.69) is 11.4 Å². The first-order valence-corrected chi connectivity index (χ1v) is 8.94. The maximum atomic E-state index is 12.0. The van der Waals surface area contributed by atoms with Gasteiger partial charge in [-0.3, -0.25) is 9.59 Å². The summed E-state index contributed by atoms with van der Waals surface area (Å²) in [5.74, 6) is 0.803. The van der Waals surface area contributed by atoms with E-state index < -0.39 is 0 Å². The highest BCUT2D eigenvalue weighted by molar-refractivity contribution is 8.00. The Bertz CT molecular complexity index is 519. The second kappa shape index (κ2) is 8.22. The Hall–Kier alpha value is -1.49. The number of likely N-dealkylation sites (tertiary alicyclic amines) is 1. The first-order valence-electron chi connectivity index (χ1n) is 7.78. The van der Waals surface area contributed by atoms with E-state index in [0.29, 0.717) is 11.5 Å². The number of carbonyl (C=O) groups excluding carboxylic acids is 2. The Morgan fingerprint density at radius 2 is 1.68 bits per heavy atom. The Morgan fingerprint density at radius 3 is 2.32 bits per heavy atom. The fourth-order valence-electron chi connectivity index (χ4n) is 2.71. The molecular weight excluding hydrogens is 296 g/mol. The third-order valence-electron chi connectivity index (χ3n) is 3.67. The minimum absolute atomic E-state index is 0.0542. The monoisotopic (exact) mass is 320 g/mol. The van der Waals surface area contributed by atoms with Gasteiger partial charge in [0.15, 0.2) is 0 Å². The predicted octanol–water partition coefficient (Wildman–Crippen LogP) is 2.99. The number of piperidine rings is 1. The Labute approximate surface area is 136 Å². The quantitative estimate of drug-likeness (QED) is 0.907. The van der Waals surface area contributed by atoms with Crippen LogP contribution in [0.3, 0.4) is 0 Å². The van der Waals surface area contributed by atoms with Crippen LogP contribution >= 0.6 is 11.8 Å². The van der Waals surface area contributed by atoms with Crippen LogP contribution in [0, 0.1) is 13.8 Å². The smallest absolute Gasteiger partial charge is 0.234 e. The molecule has 1 aromatic rings. The van der Waals surface area contributed by atoms with Crippen molar-refractivity contribution in [2.24, 2.45) is 0 Å². The third kappa shape index (κ3) is 5.37. The molecule has 1 saturated heterocycles. The molecule has 5 heteroatoms. The maximum Gasteiger partial charge on any atom is 0.234 e. The van der Waals surface area contributed by atoms with Gasteiger partial charge in [-0.25, -0.2) is 0 Å². The molecule has 4 nitrogen and oxygen atoms in total. The van der Waals surface area contributed by atoms with Crippen LogP contribution < -0.4 is 5.32 Å². The number of carbonyl (C=O) groups is 2. The summed E-state index contributed by atoms with van der Waals surface area (Å²) in [6, 6.07) is 5.98. The average molecular weight is 320 g/mol. The summed E-state index contributed by atoms with van der Waals surface area (Å²) in [7, 11) is 0. The van der Waals surface area contributed by atoms with Crippen LogP contribution in [0.5, 0.6) is 0 Å². The highest BCUT2D eigenvalue weighted by Gasteiger charge is 2.16. The molecule has 2 rings (SSSR count). The van der Waals surface area contributed by atoms with Crippen molar-refractivity contribution in [1.29, 1.82) is 0 Å². The lowest BCUT2D eigenvalue weighted by Crippen LogP contribution is -2.37. The van der Waals surface area contributed by atoms with E-state index in [1.165, 1.54) is 18.2 Å². The number of amides is 2. The second-order valence-corrected chi connectivity index (χ2v) is 6.84. The fraction of sp³-hybridized carbons (Fsp3) is 0.529. The number of aryl methyl sites for hydroxylation is 2. The molecule has 0 bridgehead atoms. The van der Waals surface area contributed by atoms with Crippen LogP contribution in [-0.4, -0.2) is 41.3 Å². The van der Waals surface area contributed by atoms with Crippen LogP contribution in [0.2, 0.25) is 0 Å². The van der Waals surface area contributed by atoms with Gasteiger partial charge in [0.1, 0.15) is 0 Å². The van der Waals surface area contributed by atoms with Crippen molar-refractivity contribution in [3.63, 3.8) is 0 Å². The summed E-state index contributed by atoms with van der Waals surface area (Å²) in [6.07, 6.45) is 3.42. The molecule has 0 unspecified atom stereocenters. The summed E-state index contributed by atoms with van der Waals surface area (Å²) in [4.78, 5) is 25.9. The van der Waals surface area contributed by atoms with Gasteiger partial charge < -0.3 is 10.2 Å². The molecule has 1 fully saturated rings. The zero-order valence-corrected chi connectivity index (χ0v) is 14.2. The molecule has 1 N–H and O–H groups in total. The van der Waals surface area contributed by atoms with Crippen LogP contribution in [0.15, 0.2) is 18.2 Å². The van der Waals surface area contributed by atoms with Gasteiger partial charge in [-0.2, -0.15) is 0 Å². The zero-order valence-electron chi connectivity index (χ0n) is 13.4. The Balaban J connectivity index is 1.72. The standard InChI is InChI=1S/C17H24N2O2S/c1-13-8-14(2)10-15(9-13)18-16(20)11-22-12-17(21)19-6-4-3-5-7-19/h8-10H,3-7,11-12H2,1-2H3,(H,18,20). The maximum absolute atomic E-state index is 12.0. The lowest BCUT2D eigenvalue weighted by molar-refractivity contribution is -0.129. The van der Waals surface area contributed by atoms with Gasteiger partial charge in [0.25, 0.3) is 0 Å². The number of nitrogens with one attached hydrogen (secondary N) is 1. The molecule has 22 heavy (non-hydrogen) atoms. The number of nitrogens with zero attached hydrogens (tertiary/aromatic N) is 1. The lowest BCUT2D eigenvalue weighted by atomic mass is 10.1. The first kappa shape index (κ1) is 16.9. The molecular formula is C17H24N2O2S. The van der Waals surface area contributed by atoms with Crippen LogP contribution in [-0.2, 0) is 9.59 Å². The molecule has 1 aliphatic heterocycles. The van der Waals surface area contributed by atoms with E-state index in [0.717, 1.165) is 42.7 Å². The summed E-state index contributed by atoms with van der Waals surface area (Å²) in [5.41, 5.74) is 3.08. The molecule has 0 aliphatic carbocycles. The van der Waals surface area contributed by atoms with E-state index in [9.17, 15) is 9.59 Å². The number of rotatable bonds is 5.